The maximum absolute atomic E-state index is 13.4. The van der Waals surface area contributed by atoms with Gasteiger partial charge < -0.3 is 14.7 Å². The van der Waals surface area contributed by atoms with E-state index >= 15 is 0 Å². The summed E-state index contributed by atoms with van der Waals surface area (Å²) < 4.78 is 4.99. The Hall–Kier alpha value is -2.63. The zero-order chi connectivity index (χ0) is 19.6. The molecule has 2 heterocycles. The van der Waals surface area contributed by atoms with Crippen LogP contribution in [0.3, 0.4) is 0 Å². The summed E-state index contributed by atoms with van der Waals surface area (Å²) >= 11 is 0. The number of likely N-dealkylation sites (tertiary alicyclic amines) is 1. The van der Waals surface area contributed by atoms with E-state index in [9.17, 15) is 9.59 Å². The first-order valence-corrected chi connectivity index (χ1v) is 9.48. The van der Waals surface area contributed by atoms with Crippen molar-refractivity contribution < 1.29 is 14.1 Å². The fraction of sp³-hybridized carbons (Fsp3) is 0.476. The van der Waals surface area contributed by atoms with E-state index in [4.69, 9.17) is 4.52 Å². The molecule has 1 N–H and O–H groups in total. The monoisotopic (exact) mass is 369 g/mol. The smallest absolute Gasteiger partial charge is 0.248 e. The second-order valence-corrected chi connectivity index (χ2v) is 7.63. The lowest BCUT2D eigenvalue weighted by atomic mass is 9.86. The molecule has 6 nitrogen and oxygen atoms in total. The topological polar surface area (TPSA) is 75.4 Å². The highest BCUT2D eigenvalue weighted by atomic mass is 16.5. The number of rotatable bonds is 5. The third-order valence-electron chi connectivity index (χ3n) is 5.09. The number of nitrogens with one attached hydrogen (secondary N) is 1. The van der Waals surface area contributed by atoms with Crippen LogP contribution in [-0.4, -0.2) is 34.5 Å². The predicted octanol–water partition coefficient (Wildman–Crippen LogP) is 3.66. The van der Waals surface area contributed by atoms with Crippen molar-refractivity contribution in [3.63, 3.8) is 0 Å². The van der Waals surface area contributed by atoms with Gasteiger partial charge in [-0.1, -0.05) is 48.8 Å². The van der Waals surface area contributed by atoms with Gasteiger partial charge in [-0.05, 0) is 38.2 Å². The molecule has 1 aliphatic rings. The predicted molar refractivity (Wildman–Crippen MR) is 103 cm³/mol. The summed E-state index contributed by atoms with van der Waals surface area (Å²) in [6, 6.07) is 9.28. The number of benzene rings is 1. The third-order valence-corrected chi connectivity index (χ3v) is 5.09. The van der Waals surface area contributed by atoms with E-state index in [1.807, 2.05) is 45.0 Å². The van der Waals surface area contributed by atoms with Gasteiger partial charge in [-0.2, -0.15) is 0 Å². The van der Waals surface area contributed by atoms with Crippen molar-refractivity contribution in [1.29, 1.82) is 0 Å². The van der Waals surface area contributed by atoms with Crippen molar-refractivity contribution >= 4 is 17.6 Å². The molecule has 0 bridgehead atoms. The molecular formula is C21H27N3O3. The molecule has 0 aliphatic carbocycles. The standard InChI is InChI=1S/C21H27N3O3/c1-13(2)19(16-9-7-14(3)8-10-16)21(26)24-11-5-6-17(24)20(25)22-18-12-15(4)27-23-18/h7-10,12-13,17,19H,5-6,11H2,1-4H3,(H,22,23,25)/t17-,19?/m0/s1. The van der Waals surface area contributed by atoms with E-state index in [0.717, 1.165) is 17.5 Å². The summed E-state index contributed by atoms with van der Waals surface area (Å²) in [6.45, 7) is 8.49. The van der Waals surface area contributed by atoms with Gasteiger partial charge in [0.2, 0.25) is 11.8 Å². The molecule has 1 aliphatic heterocycles. The summed E-state index contributed by atoms with van der Waals surface area (Å²) in [7, 11) is 0. The second kappa shape index (κ2) is 7.94. The fourth-order valence-corrected chi connectivity index (χ4v) is 3.70. The van der Waals surface area contributed by atoms with E-state index < -0.39 is 6.04 Å². The quantitative estimate of drug-likeness (QED) is 0.873. The van der Waals surface area contributed by atoms with E-state index in [-0.39, 0.29) is 23.7 Å². The van der Waals surface area contributed by atoms with E-state index in [0.29, 0.717) is 24.5 Å². The molecular weight excluding hydrogens is 342 g/mol. The number of anilines is 1. The summed E-state index contributed by atoms with van der Waals surface area (Å²) in [5, 5.41) is 6.57. The molecule has 144 valence electrons. The number of amides is 2. The average Bonchev–Trinajstić information content (AvgIpc) is 3.25. The molecule has 1 unspecified atom stereocenters. The minimum absolute atomic E-state index is 0.0165. The summed E-state index contributed by atoms with van der Waals surface area (Å²) in [5.41, 5.74) is 2.16. The summed E-state index contributed by atoms with van der Waals surface area (Å²) in [4.78, 5) is 27.8. The Morgan fingerprint density at radius 3 is 2.52 bits per heavy atom. The number of nitrogens with zero attached hydrogens (tertiary/aromatic N) is 2. The normalized spacial score (nSPS) is 18.0. The van der Waals surface area contributed by atoms with Crippen LogP contribution >= 0.6 is 0 Å². The van der Waals surface area contributed by atoms with Crippen LogP contribution in [0.25, 0.3) is 0 Å². The Kier molecular flexibility index (Phi) is 5.63. The molecule has 1 fully saturated rings. The van der Waals surface area contributed by atoms with Crippen LogP contribution < -0.4 is 5.32 Å². The number of hydrogen-bond donors (Lipinski definition) is 1. The Balaban J connectivity index is 1.78. The molecule has 0 spiro atoms. The summed E-state index contributed by atoms with van der Waals surface area (Å²) in [6.07, 6.45) is 1.48. The Labute approximate surface area is 159 Å². The van der Waals surface area contributed by atoms with Gasteiger partial charge in [0.15, 0.2) is 5.82 Å². The number of aromatic nitrogens is 1. The molecule has 27 heavy (non-hydrogen) atoms. The highest BCUT2D eigenvalue weighted by Gasteiger charge is 2.38. The van der Waals surface area contributed by atoms with Gasteiger partial charge in [0, 0.05) is 12.6 Å². The van der Waals surface area contributed by atoms with Crippen molar-refractivity contribution in [1.82, 2.24) is 10.1 Å². The van der Waals surface area contributed by atoms with Crippen molar-refractivity contribution in [2.75, 3.05) is 11.9 Å². The van der Waals surface area contributed by atoms with Gasteiger partial charge in [0.05, 0.1) is 5.92 Å². The van der Waals surface area contributed by atoms with Crippen LogP contribution in [0.5, 0.6) is 0 Å². The van der Waals surface area contributed by atoms with E-state index in [1.165, 1.54) is 0 Å². The van der Waals surface area contributed by atoms with Gasteiger partial charge in [0.25, 0.3) is 0 Å². The fourth-order valence-electron chi connectivity index (χ4n) is 3.70. The summed E-state index contributed by atoms with van der Waals surface area (Å²) in [5.74, 6) is 0.707. The van der Waals surface area contributed by atoms with Crippen LogP contribution in [0.4, 0.5) is 5.82 Å². The maximum Gasteiger partial charge on any atom is 0.248 e. The van der Waals surface area contributed by atoms with Gasteiger partial charge in [-0.3, -0.25) is 9.59 Å². The van der Waals surface area contributed by atoms with Crippen molar-refractivity contribution in [2.24, 2.45) is 5.92 Å². The molecule has 1 aromatic carbocycles. The first-order valence-electron chi connectivity index (χ1n) is 9.48. The Morgan fingerprint density at radius 1 is 1.22 bits per heavy atom. The lowest BCUT2D eigenvalue weighted by Crippen LogP contribution is -2.46. The highest BCUT2D eigenvalue weighted by Crippen LogP contribution is 2.31. The van der Waals surface area contributed by atoms with E-state index in [2.05, 4.69) is 10.5 Å². The van der Waals surface area contributed by atoms with Gasteiger partial charge in [0.1, 0.15) is 11.8 Å². The van der Waals surface area contributed by atoms with Gasteiger partial charge in [-0.25, -0.2) is 0 Å². The average molecular weight is 369 g/mol. The van der Waals surface area contributed by atoms with Gasteiger partial charge >= 0.3 is 0 Å². The molecule has 1 aromatic heterocycles. The molecule has 2 amide bonds. The van der Waals surface area contributed by atoms with Crippen LogP contribution in [0.2, 0.25) is 0 Å². The lowest BCUT2D eigenvalue weighted by molar-refractivity contribution is -0.138. The van der Waals surface area contributed by atoms with E-state index in [1.54, 1.807) is 17.9 Å². The van der Waals surface area contributed by atoms with Crippen LogP contribution in [0, 0.1) is 19.8 Å². The highest BCUT2D eigenvalue weighted by molar-refractivity contribution is 5.98. The number of carbonyl (C=O) groups is 2. The van der Waals surface area contributed by atoms with Crippen molar-refractivity contribution in [3.05, 3.63) is 47.2 Å². The maximum atomic E-state index is 13.4. The van der Waals surface area contributed by atoms with Crippen molar-refractivity contribution in [3.8, 4) is 0 Å². The molecule has 3 rings (SSSR count). The zero-order valence-corrected chi connectivity index (χ0v) is 16.4. The molecule has 1 saturated heterocycles. The second-order valence-electron chi connectivity index (χ2n) is 7.63. The number of hydrogen-bond acceptors (Lipinski definition) is 4. The SMILES string of the molecule is Cc1ccc(C(C(=O)N2CCC[C@H]2C(=O)Nc2cc(C)on2)C(C)C)cc1. The minimum atomic E-state index is -0.471. The van der Waals surface area contributed by atoms with Crippen LogP contribution in [0.1, 0.15) is 49.5 Å². The number of aryl methyl sites for hydroxylation is 2. The molecule has 2 aromatic rings. The molecule has 6 heteroatoms. The third kappa shape index (κ3) is 4.21. The largest absolute Gasteiger partial charge is 0.360 e. The zero-order valence-electron chi connectivity index (χ0n) is 16.4. The first kappa shape index (κ1) is 19.1. The lowest BCUT2D eigenvalue weighted by Gasteiger charge is -2.30. The first-order chi connectivity index (χ1) is 12.9. The minimum Gasteiger partial charge on any atom is -0.360 e. The Morgan fingerprint density at radius 2 is 1.93 bits per heavy atom. The van der Waals surface area contributed by atoms with Crippen LogP contribution in [0.15, 0.2) is 34.9 Å². The Bertz CT molecular complexity index is 810. The molecule has 2 atom stereocenters. The van der Waals surface area contributed by atoms with Gasteiger partial charge in [-0.15, -0.1) is 0 Å². The van der Waals surface area contributed by atoms with Crippen LogP contribution in [-0.2, 0) is 9.59 Å². The molecule has 0 radical (unpaired) electrons. The molecule has 0 saturated carbocycles. The number of carbonyl (C=O) groups excluding carboxylic acids is 2. The van der Waals surface area contributed by atoms with Crippen molar-refractivity contribution in [2.45, 2.75) is 52.5 Å².